The van der Waals surface area contributed by atoms with Crippen LogP contribution in [0.15, 0.2) is 35.1 Å². The Balaban J connectivity index is 2.40. The Morgan fingerprint density at radius 3 is 2.88 bits per heavy atom. The molecule has 88 valence electrons. The average Bonchev–Trinajstić information content (AvgIpc) is 2.49. The Morgan fingerprint density at radius 1 is 1.35 bits per heavy atom. The monoisotopic (exact) mass is 232 g/mol. The number of hydrogen-bond donors (Lipinski definition) is 0. The fourth-order valence-corrected chi connectivity index (χ4v) is 1.61. The molecule has 0 radical (unpaired) electrons. The minimum absolute atomic E-state index is 0.104. The molecule has 5 nitrogen and oxygen atoms in total. The third kappa shape index (κ3) is 2.33. The van der Waals surface area contributed by atoms with Crippen LogP contribution in [0.1, 0.15) is 6.92 Å². The SMILES string of the molecule is CCOC(=O)Cn1c2cccccc-2nc1=O. The first-order valence-corrected chi connectivity index (χ1v) is 5.33. The molecule has 0 aromatic carbocycles. The Bertz CT molecular complexity index is 562. The van der Waals surface area contributed by atoms with Crippen molar-refractivity contribution in [3.8, 4) is 11.4 Å². The zero-order valence-electron chi connectivity index (χ0n) is 9.42. The van der Waals surface area contributed by atoms with Gasteiger partial charge in [0.25, 0.3) is 0 Å². The van der Waals surface area contributed by atoms with Gasteiger partial charge in [-0.2, -0.15) is 4.98 Å². The van der Waals surface area contributed by atoms with Crippen LogP contribution in [-0.2, 0) is 16.1 Å². The van der Waals surface area contributed by atoms with E-state index in [1.165, 1.54) is 4.57 Å². The summed E-state index contributed by atoms with van der Waals surface area (Å²) in [6.07, 6.45) is 0. The van der Waals surface area contributed by atoms with Gasteiger partial charge in [-0.05, 0) is 19.1 Å². The van der Waals surface area contributed by atoms with E-state index in [2.05, 4.69) is 4.98 Å². The highest BCUT2D eigenvalue weighted by atomic mass is 16.5. The Hall–Kier alpha value is -2.17. The van der Waals surface area contributed by atoms with Gasteiger partial charge < -0.3 is 4.74 Å². The third-order valence-electron chi connectivity index (χ3n) is 2.32. The maximum absolute atomic E-state index is 11.6. The molecule has 1 aliphatic heterocycles. The van der Waals surface area contributed by atoms with Crippen molar-refractivity contribution in [1.29, 1.82) is 0 Å². The van der Waals surface area contributed by atoms with Crippen molar-refractivity contribution in [3.05, 3.63) is 40.8 Å². The van der Waals surface area contributed by atoms with Gasteiger partial charge in [0.2, 0.25) is 0 Å². The Labute approximate surface area is 98.0 Å². The van der Waals surface area contributed by atoms with E-state index in [1.807, 2.05) is 6.07 Å². The van der Waals surface area contributed by atoms with Crippen LogP contribution in [0.4, 0.5) is 0 Å². The number of carbonyl (C=O) groups excluding carboxylic acids is 1. The molecule has 2 rings (SSSR count). The molecule has 1 aliphatic carbocycles. The fraction of sp³-hybridized carbons (Fsp3) is 0.250. The van der Waals surface area contributed by atoms with Crippen LogP contribution in [0.2, 0.25) is 0 Å². The highest BCUT2D eigenvalue weighted by Gasteiger charge is 2.15. The second-order valence-electron chi connectivity index (χ2n) is 3.47. The van der Waals surface area contributed by atoms with Crippen molar-refractivity contribution in [3.63, 3.8) is 0 Å². The molecule has 5 heteroatoms. The van der Waals surface area contributed by atoms with Crippen LogP contribution in [0.3, 0.4) is 0 Å². The molecule has 0 saturated carbocycles. The van der Waals surface area contributed by atoms with Crippen LogP contribution in [0.5, 0.6) is 0 Å². The summed E-state index contributed by atoms with van der Waals surface area (Å²) in [6.45, 7) is 1.92. The smallest absolute Gasteiger partial charge is 0.349 e. The van der Waals surface area contributed by atoms with E-state index in [0.29, 0.717) is 18.0 Å². The normalized spacial score (nSPS) is 10.4. The van der Waals surface area contributed by atoms with Crippen LogP contribution in [0.25, 0.3) is 11.4 Å². The summed E-state index contributed by atoms with van der Waals surface area (Å²) in [5.74, 6) is -0.435. The standard InChI is InChI=1S/C12H12N2O3/c1-2-17-11(15)8-14-10-7-5-3-4-6-9(10)13-12(14)16/h3-7H,2,8H2,1H3. The topological polar surface area (TPSA) is 61.2 Å². The molecular formula is C12H12N2O3. The maximum atomic E-state index is 11.6. The highest BCUT2D eigenvalue weighted by molar-refractivity contribution is 5.70. The van der Waals surface area contributed by atoms with Gasteiger partial charge in [-0.3, -0.25) is 9.36 Å². The number of imidazole rings is 1. The lowest BCUT2D eigenvalue weighted by atomic mass is 10.3. The van der Waals surface area contributed by atoms with Gasteiger partial charge in [0.1, 0.15) is 6.54 Å². The Morgan fingerprint density at radius 2 is 2.12 bits per heavy atom. The third-order valence-corrected chi connectivity index (χ3v) is 2.32. The van der Waals surface area contributed by atoms with Gasteiger partial charge in [0.15, 0.2) is 0 Å². The van der Waals surface area contributed by atoms with Crippen LogP contribution < -0.4 is 5.69 Å². The summed E-state index contributed by atoms with van der Waals surface area (Å²) >= 11 is 0. The summed E-state index contributed by atoms with van der Waals surface area (Å²) in [5, 5.41) is 0. The molecular weight excluding hydrogens is 220 g/mol. The molecule has 1 heterocycles. The second-order valence-corrected chi connectivity index (χ2v) is 3.47. The Kier molecular flexibility index (Phi) is 3.18. The number of ether oxygens (including phenoxy) is 1. The molecule has 2 aliphatic rings. The lowest BCUT2D eigenvalue weighted by Gasteiger charge is -2.03. The van der Waals surface area contributed by atoms with Gasteiger partial charge in [0.05, 0.1) is 18.0 Å². The zero-order chi connectivity index (χ0) is 12.3. The number of aromatic nitrogens is 2. The van der Waals surface area contributed by atoms with Crippen molar-refractivity contribution in [2.24, 2.45) is 0 Å². The van der Waals surface area contributed by atoms with E-state index in [1.54, 1.807) is 31.2 Å². The minimum atomic E-state index is -0.435. The lowest BCUT2D eigenvalue weighted by Crippen LogP contribution is -2.23. The van der Waals surface area contributed by atoms with Crippen LogP contribution >= 0.6 is 0 Å². The quantitative estimate of drug-likeness (QED) is 0.738. The molecule has 0 unspecified atom stereocenters. The van der Waals surface area contributed by atoms with Crippen molar-refractivity contribution < 1.29 is 9.53 Å². The van der Waals surface area contributed by atoms with Gasteiger partial charge >= 0.3 is 11.7 Å². The maximum Gasteiger partial charge on any atom is 0.349 e. The summed E-state index contributed by atoms with van der Waals surface area (Å²) in [5.41, 5.74) is 0.775. The van der Waals surface area contributed by atoms with Crippen LogP contribution in [0, 0.1) is 0 Å². The molecule has 0 aromatic heterocycles. The van der Waals surface area contributed by atoms with Crippen molar-refractivity contribution in [1.82, 2.24) is 9.55 Å². The number of esters is 1. The summed E-state index contributed by atoms with van der Waals surface area (Å²) in [7, 11) is 0. The molecule has 17 heavy (non-hydrogen) atoms. The highest BCUT2D eigenvalue weighted by Crippen LogP contribution is 2.15. The minimum Gasteiger partial charge on any atom is -0.465 e. The van der Waals surface area contributed by atoms with E-state index >= 15 is 0 Å². The number of fused-ring (bicyclic) bond motifs is 1. The van der Waals surface area contributed by atoms with E-state index in [0.717, 1.165) is 0 Å². The number of nitrogens with zero attached hydrogens (tertiary/aromatic N) is 2. The number of rotatable bonds is 3. The predicted octanol–water partition coefficient (Wildman–Crippen LogP) is 0.911. The van der Waals surface area contributed by atoms with Crippen molar-refractivity contribution in [2.75, 3.05) is 6.61 Å². The number of carbonyl (C=O) groups is 1. The molecule has 0 atom stereocenters. The first kappa shape index (κ1) is 11.3. The van der Waals surface area contributed by atoms with E-state index in [4.69, 9.17) is 4.74 Å². The summed E-state index contributed by atoms with van der Waals surface area (Å²) in [6, 6.07) is 8.91. The van der Waals surface area contributed by atoms with Gasteiger partial charge in [-0.25, -0.2) is 4.79 Å². The van der Waals surface area contributed by atoms with Gasteiger partial charge in [-0.15, -0.1) is 0 Å². The lowest BCUT2D eigenvalue weighted by molar-refractivity contribution is -0.143. The molecule has 0 spiro atoms. The zero-order valence-corrected chi connectivity index (χ0v) is 9.42. The molecule has 0 amide bonds. The fourth-order valence-electron chi connectivity index (χ4n) is 1.61. The molecule has 0 N–H and O–H groups in total. The largest absolute Gasteiger partial charge is 0.465 e. The number of hydrogen-bond acceptors (Lipinski definition) is 4. The van der Waals surface area contributed by atoms with E-state index in [9.17, 15) is 9.59 Å². The molecule has 0 saturated heterocycles. The second kappa shape index (κ2) is 4.78. The first-order chi connectivity index (χ1) is 8.22. The van der Waals surface area contributed by atoms with E-state index < -0.39 is 11.7 Å². The molecule has 0 fully saturated rings. The van der Waals surface area contributed by atoms with Crippen molar-refractivity contribution in [2.45, 2.75) is 13.5 Å². The predicted molar refractivity (Wildman–Crippen MR) is 61.8 cm³/mol. The molecule has 0 bridgehead atoms. The van der Waals surface area contributed by atoms with Gasteiger partial charge in [-0.1, -0.05) is 18.2 Å². The summed E-state index contributed by atoms with van der Waals surface area (Å²) < 4.78 is 6.13. The molecule has 0 aromatic rings. The van der Waals surface area contributed by atoms with Crippen LogP contribution in [-0.4, -0.2) is 22.1 Å². The average molecular weight is 232 g/mol. The van der Waals surface area contributed by atoms with Crippen molar-refractivity contribution >= 4 is 5.97 Å². The van der Waals surface area contributed by atoms with E-state index in [-0.39, 0.29) is 6.54 Å². The first-order valence-electron chi connectivity index (χ1n) is 5.33. The summed E-state index contributed by atoms with van der Waals surface area (Å²) in [4.78, 5) is 26.9. The van der Waals surface area contributed by atoms with Gasteiger partial charge in [0, 0.05) is 0 Å².